The summed E-state index contributed by atoms with van der Waals surface area (Å²) in [6.07, 6.45) is 2.70. The van der Waals surface area contributed by atoms with E-state index in [1.807, 2.05) is 37.6 Å². The molecule has 1 N–H and O–H groups in total. The van der Waals surface area contributed by atoms with Gasteiger partial charge in [0.25, 0.3) is 0 Å². The lowest BCUT2D eigenvalue weighted by Crippen LogP contribution is -2.28. The quantitative estimate of drug-likeness (QED) is 0.779. The van der Waals surface area contributed by atoms with Gasteiger partial charge in [0.1, 0.15) is 11.9 Å². The summed E-state index contributed by atoms with van der Waals surface area (Å²) in [6, 6.07) is 10.3. The molecule has 2 unspecified atom stereocenters. The number of hydrogen-bond acceptors (Lipinski definition) is 4. The van der Waals surface area contributed by atoms with E-state index in [1.54, 1.807) is 0 Å². The molecule has 26 heavy (non-hydrogen) atoms. The predicted octanol–water partition coefficient (Wildman–Crippen LogP) is 3.87. The van der Waals surface area contributed by atoms with Gasteiger partial charge in [-0.25, -0.2) is 4.68 Å². The number of nitrogens with one attached hydrogen (secondary N) is 1. The van der Waals surface area contributed by atoms with Gasteiger partial charge >= 0.3 is 0 Å². The zero-order valence-corrected chi connectivity index (χ0v) is 16.4. The summed E-state index contributed by atoms with van der Waals surface area (Å²) in [4.78, 5) is 0. The van der Waals surface area contributed by atoms with Crippen LogP contribution in [0.15, 0.2) is 30.3 Å². The molecule has 0 radical (unpaired) electrons. The van der Waals surface area contributed by atoms with Crippen LogP contribution in [0.25, 0.3) is 5.69 Å². The first kappa shape index (κ1) is 18.9. The molecule has 0 amide bonds. The Hall–Kier alpha value is -1.85. The van der Waals surface area contributed by atoms with E-state index in [1.165, 1.54) is 6.42 Å². The first-order valence-electron chi connectivity index (χ1n) is 9.71. The van der Waals surface area contributed by atoms with Crippen LogP contribution in [-0.2, 0) is 11.3 Å². The van der Waals surface area contributed by atoms with Gasteiger partial charge in [0.2, 0.25) is 0 Å². The number of ether oxygens (including phenoxy) is 2. The highest BCUT2D eigenvalue weighted by molar-refractivity contribution is 5.38. The molecule has 142 valence electrons. The molecule has 1 fully saturated rings. The van der Waals surface area contributed by atoms with Crippen LogP contribution in [0.1, 0.15) is 45.0 Å². The Labute approximate surface area is 156 Å². The Morgan fingerprint density at radius 2 is 2.04 bits per heavy atom. The largest absolute Gasteiger partial charge is 0.490 e. The highest BCUT2D eigenvalue weighted by atomic mass is 16.5. The number of aromatic nitrogens is 2. The SMILES string of the molecule is CCC(Oc1ccc(-n2nc(C)cc2COC(C)C)cc1)C1CCNC1. The van der Waals surface area contributed by atoms with Crippen LogP contribution in [-0.4, -0.2) is 35.1 Å². The lowest BCUT2D eigenvalue weighted by molar-refractivity contribution is 0.0624. The van der Waals surface area contributed by atoms with Crippen LogP contribution in [0.2, 0.25) is 0 Å². The standard InChI is InChI=1S/C21H31N3O2/c1-5-21(17-10-11-22-13-17)26-20-8-6-18(7-9-20)24-19(12-16(4)23-24)14-25-15(2)3/h6-9,12,15,17,21-22H,5,10-11,13-14H2,1-4H3. The van der Waals surface area contributed by atoms with Gasteiger partial charge in [0.15, 0.2) is 0 Å². The van der Waals surface area contributed by atoms with Crippen LogP contribution < -0.4 is 10.1 Å². The summed E-state index contributed by atoms with van der Waals surface area (Å²) in [5.74, 6) is 1.53. The fourth-order valence-electron chi connectivity index (χ4n) is 3.48. The van der Waals surface area contributed by atoms with E-state index in [9.17, 15) is 0 Å². The van der Waals surface area contributed by atoms with Gasteiger partial charge in [0.05, 0.1) is 29.8 Å². The summed E-state index contributed by atoms with van der Waals surface area (Å²) in [5, 5.41) is 8.04. The van der Waals surface area contributed by atoms with Crippen molar-refractivity contribution in [3.8, 4) is 11.4 Å². The number of rotatable bonds is 8. The summed E-state index contributed by atoms with van der Waals surface area (Å²) in [6.45, 7) is 11.0. The van der Waals surface area contributed by atoms with Gasteiger partial charge in [-0.15, -0.1) is 0 Å². The molecule has 1 saturated heterocycles. The molecule has 0 saturated carbocycles. The Balaban J connectivity index is 1.71. The molecule has 0 bridgehead atoms. The lowest BCUT2D eigenvalue weighted by Gasteiger charge is -2.23. The molecule has 5 heteroatoms. The maximum absolute atomic E-state index is 6.26. The third-order valence-corrected chi connectivity index (χ3v) is 4.87. The second-order valence-corrected chi connectivity index (χ2v) is 7.36. The molecule has 1 aliphatic rings. The maximum atomic E-state index is 6.26. The zero-order valence-electron chi connectivity index (χ0n) is 16.4. The van der Waals surface area contributed by atoms with Crippen LogP contribution in [0.4, 0.5) is 0 Å². The van der Waals surface area contributed by atoms with E-state index in [0.29, 0.717) is 12.5 Å². The van der Waals surface area contributed by atoms with Crippen molar-refractivity contribution in [3.05, 3.63) is 41.7 Å². The average Bonchev–Trinajstić information content (AvgIpc) is 3.28. The normalized spacial score (nSPS) is 18.4. The van der Waals surface area contributed by atoms with Gasteiger partial charge in [-0.3, -0.25) is 0 Å². The molecule has 1 aliphatic heterocycles. The maximum Gasteiger partial charge on any atom is 0.119 e. The monoisotopic (exact) mass is 357 g/mol. The second-order valence-electron chi connectivity index (χ2n) is 7.36. The summed E-state index contributed by atoms with van der Waals surface area (Å²) >= 11 is 0. The van der Waals surface area contributed by atoms with E-state index < -0.39 is 0 Å². The van der Waals surface area contributed by atoms with Gasteiger partial charge in [0, 0.05) is 12.5 Å². The minimum Gasteiger partial charge on any atom is -0.490 e. The fraction of sp³-hybridized carbons (Fsp3) is 0.571. The smallest absolute Gasteiger partial charge is 0.119 e. The zero-order chi connectivity index (χ0) is 18.5. The van der Waals surface area contributed by atoms with Gasteiger partial charge in [-0.2, -0.15) is 5.10 Å². The number of aryl methyl sites for hydroxylation is 1. The molecular weight excluding hydrogens is 326 g/mol. The van der Waals surface area contributed by atoms with E-state index in [-0.39, 0.29) is 12.2 Å². The summed E-state index contributed by atoms with van der Waals surface area (Å²) in [5.41, 5.74) is 3.09. The minimum absolute atomic E-state index is 0.200. The number of benzene rings is 1. The van der Waals surface area contributed by atoms with Gasteiger partial charge in [-0.1, -0.05) is 6.92 Å². The van der Waals surface area contributed by atoms with Crippen molar-refractivity contribution in [1.82, 2.24) is 15.1 Å². The predicted molar refractivity (Wildman–Crippen MR) is 104 cm³/mol. The Kier molecular flexibility index (Phi) is 6.33. The first-order valence-corrected chi connectivity index (χ1v) is 9.71. The van der Waals surface area contributed by atoms with Crippen molar-refractivity contribution in [2.45, 2.75) is 59.4 Å². The molecule has 2 aromatic rings. The van der Waals surface area contributed by atoms with Crippen molar-refractivity contribution < 1.29 is 9.47 Å². The molecule has 5 nitrogen and oxygen atoms in total. The third-order valence-electron chi connectivity index (χ3n) is 4.87. The van der Waals surface area contributed by atoms with Gasteiger partial charge < -0.3 is 14.8 Å². The fourth-order valence-corrected chi connectivity index (χ4v) is 3.48. The highest BCUT2D eigenvalue weighted by Crippen LogP contribution is 2.24. The Bertz CT molecular complexity index is 688. The minimum atomic E-state index is 0.200. The van der Waals surface area contributed by atoms with Crippen molar-refractivity contribution in [3.63, 3.8) is 0 Å². The van der Waals surface area contributed by atoms with Crippen LogP contribution in [0, 0.1) is 12.8 Å². The first-order chi connectivity index (χ1) is 12.6. The topological polar surface area (TPSA) is 48.3 Å². The van der Waals surface area contributed by atoms with E-state index in [0.717, 1.165) is 42.3 Å². The summed E-state index contributed by atoms with van der Waals surface area (Å²) < 4.78 is 14.0. The van der Waals surface area contributed by atoms with E-state index in [4.69, 9.17) is 9.47 Å². The van der Waals surface area contributed by atoms with Crippen LogP contribution in [0.5, 0.6) is 5.75 Å². The van der Waals surface area contributed by atoms with Crippen molar-refractivity contribution in [1.29, 1.82) is 0 Å². The van der Waals surface area contributed by atoms with Gasteiger partial charge in [-0.05, 0) is 70.5 Å². The van der Waals surface area contributed by atoms with E-state index in [2.05, 4.69) is 35.5 Å². The Morgan fingerprint density at radius 1 is 1.27 bits per heavy atom. The van der Waals surface area contributed by atoms with Crippen molar-refractivity contribution in [2.24, 2.45) is 5.92 Å². The second kappa shape index (κ2) is 8.69. The molecular formula is C21H31N3O2. The molecule has 2 heterocycles. The lowest BCUT2D eigenvalue weighted by atomic mass is 9.99. The molecule has 1 aromatic carbocycles. The van der Waals surface area contributed by atoms with Crippen molar-refractivity contribution >= 4 is 0 Å². The van der Waals surface area contributed by atoms with E-state index >= 15 is 0 Å². The third kappa shape index (κ3) is 4.65. The molecule has 0 spiro atoms. The van der Waals surface area contributed by atoms with Crippen LogP contribution in [0.3, 0.4) is 0 Å². The molecule has 3 rings (SSSR count). The number of nitrogens with zero attached hydrogens (tertiary/aromatic N) is 2. The number of hydrogen-bond donors (Lipinski definition) is 1. The summed E-state index contributed by atoms with van der Waals surface area (Å²) in [7, 11) is 0. The average molecular weight is 357 g/mol. The molecule has 2 atom stereocenters. The Morgan fingerprint density at radius 3 is 2.65 bits per heavy atom. The van der Waals surface area contributed by atoms with Crippen molar-refractivity contribution in [2.75, 3.05) is 13.1 Å². The highest BCUT2D eigenvalue weighted by Gasteiger charge is 2.25. The van der Waals surface area contributed by atoms with Crippen LogP contribution >= 0.6 is 0 Å². The molecule has 0 aliphatic carbocycles. The molecule has 1 aromatic heterocycles.